The number of benzene rings is 2. The highest BCUT2D eigenvalue weighted by Gasteiger charge is 2.38. The number of hydrogen-bond donors (Lipinski definition) is 0. The van der Waals surface area contributed by atoms with Gasteiger partial charge < -0.3 is 19.3 Å². The van der Waals surface area contributed by atoms with E-state index in [1.54, 1.807) is 21.9 Å². The molecule has 2 heterocycles. The maximum absolute atomic E-state index is 13.8. The first kappa shape index (κ1) is 23.2. The van der Waals surface area contributed by atoms with E-state index in [0.717, 1.165) is 17.5 Å². The number of carbonyl (C=O) groups is 2. The lowest BCUT2D eigenvalue weighted by Gasteiger charge is -2.39. The Kier molecular flexibility index (Phi) is 6.70. The molecule has 0 bridgehead atoms. The Hall–Kier alpha value is -2.93. The topological polar surface area (TPSA) is 59.1 Å². The molecule has 0 radical (unpaired) electrons. The molecule has 33 heavy (non-hydrogen) atoms. The van der Waals surface area contributed by atoms with Crippen LogP contribution < -0.4 is 0 Å². The van der Waals surface area contributed by atoms with Gasteiger partial charge in [-0.3, -0.25) is 4.79 Å². The zero-order valence-electron chi connectivity index (χ0n) is 19.4. The third-order valence-electron chi connectivity index (χ3n) is 5.96. The van der Waals surface area contributed by atoms with E-state index in [9.17, 15) is 14.0 Å². The van der Waals surface area contributed by atoms with Crippen molar-refractivity contribution in [3.05, 3.63) is 71.0 Å². The molecule has 4 rings (SSSR count). The lowest BCUT2D eigenvalue weighted by atomic mass is 9.88. The molecule has 2 aliphatic rings. The van der Waals surface area contributed by atoms with Crippen LogP contribution in [0.15, 0.2) is 48.5 Å². The van der Waals surface area contributed by atoms with E-state index >= 15 is 0 Å². The fourth-order valence-electron chi connectivity index (χ4n) is 4.46. The van der Waals surface area contributed by atoms with Crippen molar-refractivity contribution in [2.75, 3.05) is 26.2 Å². The van der Waals surface area contributed by atoms with Crippen molar-refractivity contribution in [2.45, 2.75) is 51.4 Å². The van der Waals surface area contributed by atoms with Gasteiger partial charge in [0.2, 0.25) is 0 Å². The molecule has 6 nitrogen and oxygen atoms in total. The molecule has 2 atom stereocenters. The Balaban J connectivity index is 1.61. The molecule has 1 saturated heterocycles. The van der Waals surface area contributed by atoms with Gasteiger partial charge in [-0.15, -0.1) is 0 Å². The van der Waals surface area contributed by atoms with Gasteiger partial charge in [0.05, 0.1) is 12.6 Å². The molecule has 1 unspecified atom stereocenters. The Morgan fingerprint density at radius 2 is 1.79 bits per heavy atom. The minimum absolute atomic E-state index is 0.141. The Morgan fingerprint density at radius 3 is 2.52 bits per heavy atom. The summed E-state index contributed by atoms with van der Waals surface area (Å²) < 4.78 is 25.1. The average molecular weight is 455 g/mol. The normalized spacial score (nSPS) is 21.2. The number of fused-ring (bicyclic) bond motifs is 1. The van der Waals surface area contributed by atoms with Gasteiger partial charge in [-0.2, -0.15) is 0 Å². The summed E-state index contributed by atoms with van der Waals surface area (Å²) in [5, 5.41) is 0. The van der Waals surface area contributed by atoms with E-state index in [1.165, 1.54) is 17.7 Å². The van der Waals surface area contributed by atoms with Crippen LogP contribution in [0.2, 0.25) is 0 Å². The molecule has 7 heteroatoms. The number of amides is 2. The average Bonchev–Trinajstić information content (AvgIpc) is 3.04. The van der Waals surface area contributed by atoms with E-state index in [4.69, 9.17) is 9.47 Å². The van der Waals surface area contributed by atoms with E-state index in [0.29, 0.717) is 26.1 Å². The molecule has 0 spiro atoms. The van der Waals surface area contributed by atoms with Crippen molar-refractivity contribution in [3.63, 3.8) is 0 Å². The molecular formula is C26H31FN2O4. The van der Waals surface area contributed by atoms with Crippen LogP contribution in [0.1, 0.15) is 49.9 Å². The van der Waals surface area contributed by atoms with E-state index in [-0.39, 0.29) is 24.3 Å². The minimum Gasteiger partial charge on any atom is -0.444 e. The summed E-state index contributed by atoms with van der Waals surface area (Å²) >= 11 is 0. The van der Waals surface area contributed by atoms with Crippen LogP contribution in [-0.2, 0) is 20.7 Å². The summed E-state index contributed by atoms with van der Waals surface area (Å²) in [4.78, 5) is 29.8. The van der Waals surface area contributed by atoms with Crippen molar-refractivity contribution in [1.82, 2.24) is 9.80 Å². The second-order valence-corrected chi connectivity index (χ2v) is 9.57. The van der Waals surface area contributed by atoms with Crippen LogP contribution >= 0.6 is 0 Å². The predicted molar refractivity (Wildman–Crippen MR) is 122 cm³/mol. The van der Waals surface area contributed by atoms with E-state index in [2.05, 4.69) is 6.07 Å². The number of rotatable bonds is 2. The zero-order chi connectivity index (χ0) is 23.6. The van der Waals surface area contributed by atoms with E-state index < -0.39 is 17.8 Å². The molecule has 0 N–H and O–H groups in total. The van der Waals surface area contributed by atoms with Gasteiger partial charge in [0.15, 0.2) is 6.10 Å². The zero-order valence-corrected chi connectivity index (χ0v) is 19.4. The molecule has 2 amide bonds. The van der Waals surface area contributed by atoms with Crippen LogP contribution in [-0.4, -0.2) is 59.7 Å². The van der Waals surface area contributed by atoms with Crippen LogP contribution in [0.4, 0.5) is 9.18 Å². The van der Waals surface area contributed by atoms with Gasteiger partial charge in [0.25, 0.3) is 5.91 Å². The molecule has 0 aromatic heterocycles. The van der Waals surface area contributed by atoms with Crippen molar-refractivity contribution >= 4 is 12.0 Å². The Bertz CT molecular complexity index is 1000. The first-order valence-corrected chi connectivity index (χ1v) is 11.5. The fourth-order valence-corrected chi connectivity index (χ4v) is 4.46. The summed E-state index contributed by atoms with van der Waals surface area (Å²) in [7, 11) is 0. The molecular weight excluding hydrogens is 423 g/mol. The molecule has 176 valence electrons. The van der Waals surface area contributed by atoms with Gasteiger partial charge >= 0.3 is 6.09 Å². The minimum atomic E-state index is -0.784. The third kappa shape index (κ3) is 5.36. The SMILES string of the molecule is CC(C)(C)OC(=O)N1CCCOC(C(=O)N2CCc3ccccc3[C@@H]2c2ccc(F)cc2)C1. The number of hydrogen-bond acceptors (Lipinski definition) is 4. The second kappa shape index (κ2) is 9.51. The molecule has 1 fully saturated rings. The maximum Gasteiger partial charge on any atom is 0.410 e. The van der Waals surface area contributed by atoms with Crippen LogP contribution in [0.25, 0.3) is 0 Å². The highest BCUT2D eigenvalue weighted by molar-refractivity contribution is 5.83. The summed E-state index contributed by atoms with van der Waals surface area (Å²) in [6.45, 7) is 6.98. The summed E-state index contributed by atoms with van der Waals surface area (Å²) in [6, 6.07) is 14.0. The molecule has 0 saturated carbocycles. The van der Waals surface area contributed by atoms with Gasteiger partial charge in [0.1, 0.15) is 11.4 Å². The van der Waals surface area contributed by atoms with Gasteiger partial charge in [-0.25, -0.2) is 9.18 Å². The van der Waals surface area contributed by atoms with Crippen LogP contribution in [0.5, 0.6) is 0 Å². The lowest BCUT2D eigenvalue weighted by molar-refractivity contribution is -0.145. The fraction of sp³-hybridized carbons (Fsp3) is 0.462. The highest BCUT2D eigenvalue weighted by atomic mass is 19.1. The summed E-state index contributed by atoms with van der Waals surface area (Å²) in [5.41, 5.74) is 2.43. The monoisotopic (exact) mass is 454 g/mol. The van der Waals surface area contributed by atoms with Crippen molar-refractivity contribution in [2.24, 2.45) is 0 Å². The Labute approximate surface area is 194 Å². The number of ether oxygens (including phenoxy) is 2. The highest BCUT2D eigenvalue weighted by Crippen LogP contribution is 2.36. The van der Waals surface area contributed by atoms with Crippen molar-refractivity contribution in [3.8, 4) is 0 Å². The second-order valence-electron chi connectivity index (χ2n) is 9.57. The Morgan fingerprint density at radius 1 is 1.06 bits per heavy atom. The summed E-state index contributed by atoms with van der Waals surface area (Å²) in [6.07, 6.45) is 0.133. The van der Waals surface area contributed by atoms with E-state index in [1.807, 2.05) is 39.0 Å². The molecule has 2 aliphatic heterocycles. The first-order valence-electron chi connectivity index (χ1n) is 11.5. The molecule has 2 aromatic rings. The quantitative estimate of drug-likeness (QED) is 0.678. The third-order valence-corrected chi connectivity index (χ3v) is 5.96. The smallest absolute Gasteiger partial charge is 0.410 e. The maximum atomic E-state index is 13.8. The van der Waals surface area contributed by atoms with Crippen molar-refractivity contribution in [1.29, 1.82) is 0 Å². The first-order chi connectivity index (χ1) is 15.7. The van der Waals surface area contributed by atoms with Gasteiger partial charge in [-0.1, -0.05) is 36.4 Å². The van der Waals surface area contributed by atoms with Gasteiger partial charge in [0, 0.05) is 19.7 Å². The van der Waals surface area contributed by atoms with Crippen LogP contribution in [0.3, 0.4) is 0 Å². The van der Waals surface area contributed by atoms with Crippen LogP contribution in [0, 0.1) is 5.82 Å². The number of carbonyl (C=O) groups excluding carboxylic acids is 2. The standard InChI is InChI=1S/C26H31FN2O4/c1-26(2,3)33-25(31)28-14-6-16-32-22(17-28)24(30)29-15-13-18-7-4-5-8-21(18)23(29)19-9-11-20(27)12-10-19/h4-5,7-12,22-23H,6,13-17H2,1-3H3/t22?,23-/m0/s1. The number of nitrogens with zero attached hydrogens (tertiary/aromatic N) is 2. The van der Waals surface area contributed by atoms with Gasteiger partial charge in [-0.05, 0) is 62.4 Å². The lowest BCUT2D eigenvalue weighted by Crippen LogP contribution is -2.50. The molecule has 2 aromatic carbocycles. The largest absolute Gasteiger partial charge is 0.444 e. The predicted octanol–water partition coefficient (Wildman–Crippen LogP) is 4.33. The summed E-state index contributed by atoms with van der Waals surface area (Å²) in [5.74, 6) is -0.491. The molecule has 0 aliphatic carbocycles. The number of halogens is 1. The van der Waals surface area contributed by atoms with Crippen molar-refractivity contribution < 1.29 is 23.5 Å².